The average molecular weight is 518 g/mol. The number of alkyl halides is 6. The van der Waals surface area contributed by atoms with Crippen LogP contribution in [0.5, 0.6) is 0 Å². The average Bonchev–Trinajstić information content (AvgIpc) is 3.13. The van der Waals surface area contributed by atoms with Crippen molar-refractivity contribution in [1.82, 2.24) is 9.88 Å². The predicted molar refractivity (Wildman–Crippen MR) is 109 cm³/mol. The maximum Gasteiger partial charge on any atom is 0.490 e. The Morgan fingerprint density at radius 3 is 2.17 bits per heavy atom. The molecule has 8 nitrogen and oxygen atoms in total. The molecule has 3 rings (SSSR count). The first kappa shape index (κ1) is 30.6. The zero-order valence-electron chi connectivity index (χ0n) is 18.9. The number of halogens is 6. The van der Waals surface area contributed by atoms with Crippen LogP contribution in [0.15, 0.2) is 24.5 Å². The van der Waals surface area contributed by atoms with Gasteiger partial charge in [0.1, 0.15) is 0 Å². The number of hydrogen-bond acceptors (Lipinski definition) is 6. The van der Waals surface area contributed by atoms with Crippen LogP contribution >= 0.6 is 0 Å². The van der Waals surface area contributed by atoms with E-state index in [4.69, 9.17) is 29.3 Å². The lowest BCUT2D eigenvalue weighted by Crippen LogP contribution is -2.54. The lowest BCUT2D eigenvalue weighted by Gasteiger charge is -2.44. The van der Waals surface area contributed by atoms with Crippen molar-refractivity contribution in [1.29, 1.82) is 0 Å². The summed E-state index contributed by atoms with van der Waals surface area (Å²) in [6.07, 6.45) is -2.74. The maximum atomic E-state index is 10.6. The molecular formula is C21H28F6N2O6. The summed E-state index contributed by atoms with van der Waals surface area (Å²) in [7, 11) is 0. The van der Waals surface area contributed by atoms with E-state index in [1.54, 1.807) is 0 Å². The number of carboxylic acids is 2. The van der Waals surface area contributed by atoms with Crippen molar-refractivity contribution < 1.29 is 55.6 Å². The van der Waals surface area contributed by atoms with Crippen LogP contribution in [-0.4, -0.2) is 82.9 Å². The highest BCUT2D eigenvalue weighted by atomic mass is 19.4. The zero-order chi connectivity index (χ0) is 26.7. The molecule has 200 valence electrons. The number of nitrogens with zero attached hydrogens (tertiary/aromatic N) is 2. The van der Waals surface area contributed by atoms with Crippen LogP contribution in [0.1, 0.15) is 31.7 Å². The summed E-state index contributed by atoms with van der Waals surface area (Å²) in [4.78, 5) is 24.4. The highest BCUT2D eigenvalue weighted by Gasteiger charge is 2.46. The molecule has 0 unspecified atom stereocenters. The lowest BCUT2D eigenvalue weighted by molar-refractivity contribution is -0.193. The molecule has 0 amide bonds. The summed E-state index contributed by atoms with van der Waals surface area (Å²) in [5.41, 5.74) is 1.36. The number of ether oxygens (including phenoxy) is 2. The van der Waals surface area contributed by atoms with Crippen LogP contribution in [-0.2, 0) is 25.6 Å². The minimum atomic E-state index is -5.08. The molecule has 2 aliphatic rings. The van der Waals surface area contributed by atoms with Crippen molar-refractivity contribution in [2.45, 2.75) is 50.7 Å². The fourth-order valence-electron chi connectivity index (χ4n) is 3.77. The molecule has 1 aliphatic carbocycles. The first-order valence-electron chi connectivity index (χ1n) is 10.6. The topological polar surface area (TPSA) is 109 Å². The molecule has 2 fully saturated rings. The quantitative estimate of drug-likeness (QED) is 0.568. The first-order chi connectivity index (χ1) is 16.2. The molecule has 1 spiro atoms. The van der Waals surface area contributed by atoms with Gasteiger partial charge in [-0.1, -0.05) is 6.42 Å². The second kappa shape index (κ2) is 13.6. The third-order valence-corrected chi connectivity index (χ3v) is 5.35. The normalized spacial score (nSPS) is 22.5. The van der Waals surface area contributed by atoms with Crippen LogP contribution in [0.4, 0.5) is 26.3 Å². The summed E-state index contributed by atoms with van der Waals surface area (Å²) in [6.45, 7) is 7.60. The Hall–Kier alpha value is -2.45. The van der Waals surface area contributed by atoms with Crippen LogP contribution in [0.2, 0.25) is 0 Å². The van der Waals surface area contributed by atoms with E-state index in [2.05, 4.69) is 28.9 Å². The van der Waals surface area contributed by atoms with Crippen molar-refractivity contribution in [3.8, 4) is 0 Å². The smallest absolute Gasteiger partial charge is 0.475 e. The lowest BCUT2D eigenvalue weighted by atomic mass is 9.89. The van der Waals surface area contributed by atoms with Crippen molar-refractivity contribution in [2.24, 2.45) is 5.92 Å². The molecule has 0 aromatic carbocycles. The standard InChI is InChI=1S/C17H26N2O2.2C2HF3O2/c1-2-20-13-16-4-3-7-17(16)14-19(10-11-21-17)12-15-5-8-18-9-6-15;2*3-2(4,5)1(6)7/h5-6,8-9,16H,2-4,7,10-14H2,1H3;2*(H,6,7)/t16-,17+;;/m0../s1. The number of aromatic nitrogens is 1. The number of carbonyl (C=O) groups is 2. The molecule has 1 aromatic heterocycles. The van der Waals surface area contributed by atoms with E-state index in [1.807, 2.05) is 12.4 Å². The van der Waals surface area contributed by atoms with Gasteiger partial charge in [0.2, 0.25) is 0 Å². The van der Waals surface area contributed by atoms with Gasteiger partial charge in [0.15, 0.2) is 0 Å². The number of pyridine rings is 1. The summed E-state index contributed by atoms with van der Waals surface area (Å²) in [6, 6.07) is 4.21. The Morgan fingerprint density at radius 1 is 1.14 bits per heavy atom. The van der Waals surface area contributed by atoms with E-state index in [1.165, 1.54) is 24.8 Å². The summed E-state index contributed by atoms with van der Waals surface area (Å²) >= 11 is 0. The van der Waals surface area contributed by atoms with Gasteiger partial charge in [0, 0.05) is 44.6 Å². The van der Waals surface area contributed by atoms with Gasteiger partial charge >= 0.3 is 24.3 Å². The first-order valence-corrected chi connectivity index (χ1v) is 10.6. The molecule has 35 heavy (non-hydrogen) atoms. The highest BCUT2D eigenvalue weighted by Crippen LogP contribution is 2.41. The Kier molecular flexibility index (Phi) is 11.9. The molecule has 2 heterocycles. The van der Waals surface area contributed by atoms with Crippen molar-refractivity contribution in [2.75, 3.05) is 32.9 Å². The summed E-state index contributed by atoms with van der Waals surface area (Å²) in [5.74, 6) is -4.96. The molecule has 14 heteroatoms. The van der Waals surface area contributed by atoms with Crippen molar-refractivity contribution >= 4 is 11.9 Å². The Balaban J connectivity index is 0.000000362. The van der Waals surface area contributed by atoms with E-state index < -0.39 is 24.3 Å². The predicted octanol–water partition coefficient (Wildman–Crippen LogP) is 3.76. The molecule has 2 N–H and O–H groups in total. The van der Waals surface area contributed by atoms with E-state index in [-0.39, 0.29) is 5.60 Å². The fourth-order valence-corrected chi connectivity index (χ4v) is 3.77. The number of hydrogen-bond donors (Lipinski definition) is 2. The molecule has 1 saturated carbocycles. The van der Waals surface area contributed by atoms with Crippen molar-refractivity contribution in [3.05, 3.63) is 30.1 Å². The summed E-state index contributed by atoms with van der Waals surface area (Å²) in [5, 5.41) is 14.2. The molecule has 1 saturated heterocycles. The van der Waals surface area contributed by atoms with Gasteiger partial charge in [-0.15, -0.1) is 0 Å². The van der Waals surface area contributed by atoms with Crippen LogP contribution in [0.25, 0.3) is 0 Å². The SMILES string of the molecule is CCOC[C@@H]1CCC[C@@]12CN(Cc1ccncc1)CCO2.O=C(O)C(F)(F)F.O=C(O)C(F)(F)F. The second-order valence-corrected chi connectivity index (χ2v) is 7.83. The van der Waals surface area contributed by atoms with Gasteiger partial charge in [-0.2, -0.15) is 26.3 Å². The van der Waals surface area contributed by atoms with E-state index in [0.29, 0.717) is 5.92 Å². The van der Waals surface area contributed by atoms with Crippen LogP contribution < -0.4 is 0 Å². The van der Waals surface area contributed by atoms with Gasteiger partial charge in [0.25, 0.3) is 0 Å². The molecule has 0 radical (unpaired) electrons. The molecule has 1 aromatic rings. The van der Waals surface area contributed by atoms with E-state index >= 15 is 0 Å². The van der Waals surface area contributed by atoms with Gasteiger partial charge in [-0.3, -0.25) is 9.88 Å². The van der Waals surface area contributed by atoms with Gasteiger partial charge in [-0.05, 0) is 37.5 Å². The molecular weight excluding hydrogens is 490 g/mol. The summed E-state index contributed by atoms with van der Waals surface area (Å²) < 4.78 is 75.4. The molecule has 0 bridgehead atoms. The number of rotatable bonds is 5. The minimum Gasteiger partial charge on any atom is -0.475 e. The third-order valence-electron chi connectivity index (χ3n) is 5.35. The number of carboxylic acid groups (broad SMARTS) is 2. The van der Waals surface area contributed by atoms with Crippen molar-refractivity contribution in [3.63, 3.8) is 0 Å². The van der Waals surface area contributed by atoms with E-state index in [0.717, 1.165) is 39.5 Å². The third kappa shape index (κ3) is 10.8. The van der Waals surface area contributed by atoms with Gasteiger partial charge in [-0.25, -0.2) is 9.59 Å². The molecule has 2 atom stereocenters. The maximum absolute atomic E-state index is 10.6. The Labute approximate surface area is 197 Å². The number of morpholine rings is 1. The Bertz CT molecular complexity index is 769. The van der Waals surface area contributed by atoms with Crippen LogP contribution in [0.3, 0.4) is 0 Å². The van der Waals surface area contributed by atoms with Gasteiger partial charge < -0.3 is 19.7 Å². The second-order valence-electron chi connectivity index (χ2n) is 7.83. The number of aliphatic carboxylic acids is 2. The van der Waals surface area contributed by atoms with Crippen LogP contribution in [0, 0.1) is 5.92 Å². The molecule has 1 aliphatic heterocycles. The highest BCUT2D eigenvalue weighted by molar-refractivity contribution is 5.73. The van der Waals surface area contributed by atoms with E-state index in [9.17, 15) is 26.3 Å². The zero-order valence-corrected chi connectivity index (χ0v) is 18.9. The fraction of sp³-hybridized carbons (Fsp3) is 0.667. The minimum absolute atomic E-state index is 0.0282. The largest absolute Gasteiger partial charge is 0.490 e. The van der Waals surface area contributed by atoms with Gasteiger partial charge in [0.05, 0.1) is 18.8 Å². The monoisotopic (exact) mass is 518 g/mol. The Morgan fingerprint density at radius 2 is 1.69 bits per heavy atom.